The van der Waals surface area contributed by atoms with E-state index in [1.165, 1.54) is 20.5 Å². The Labute approximate surface area is 290 Å². The standard InChI is InChI=1S/C22H22N4O.C14H13ClN4O.C2H6/c1-14-7-5-6-8-17(14)16-11-19(18-9-10-25(3)21(18)12-16)24-20-13-23-26(4)22(27)15(20)2;1-8-13(7-17-19(2)14(8)20)18-12-5-9-3-4-16-11(9)6-10(12)15;1-2/h5-13,24H,1-4H3;3-7,16,18H,1-2H3;1-2H3. The van der Waals surface area contributed by atoms with Crippen molar-refractivity contribution in [1.29, 1.82) is 0 Å². The number of benzene rings is 3. The highest BCUT2D eigenvalue weighted by Crippen LogP contribution is 2.35. The Bertz CT molecular complexity index is 2400. The third-order valence-electron chi connectivity index (χ3n) is 8.40. The van der Waals surface area contributed by atoms with Gasteiger partial charge in [-0.3, -0.25) is 9.59 Å². The Kier molecular flexibility index (Phi) is 10.4. The maximum absolute atomic E-state index is 12.2. The Morgan fingerprint density at radius 1 is 0.735 bits per heavy atom. The monoisotopic (exact) mass is 676 g/mol. The fraction of sp³-hybridized carbons (Fsp3) is 0.211. The summed E-state index contributed by atoms with van der Waals surface area (Å²) in [4.78, 5) is 27.2. The number of nitrogens with zero attached hydrogens (tertiary/aromatic N) is 5. The first-order valence-electron chi connectivity index (χ1n) is 16.0. The van der Waals surface area contributed by atoms with Crippen molar-refractivity contribution in [3.8, 4) is 11.1 Å². The largest absolute Gasteiger partial charge is 0.361 e. The number of halogens is 1. The summed E-state index contributed by atoms with van der Waals surface area (Å²) in [6, 6.07) is 20.5. The molecule has 0 unspecified atom stereocenters. The van der Waals surface area contributed by atoms with Crippen LogP contribution >= 0.6 is 11.6 Å². The quantitative estimate of drug-likeness (QED) is 0.169. The van der Waals surface area contributed by atoms with E-state index in [9.17, 15) is 9.59 Å². The van der Waals surface area contributed by atoms with Gasteiger partial charge in [-0.1, -0.05) is 49.7 Å². The van der Waals surface area contributed by atoms with Crippen molar-refractivity contribution in [2.24, 2.45) is 21.1 Å². The molecule has 7 aromatic rings. The minimum Gasteiger partial charge on any atom is -0.361 e. The summed E-state index contributed by atoms with van der Waals surface area (Å²) in [5.74, 6) is 0. The molecule has 0 saturated heterocycles. The lowest BCUT2D eigenvalue weighted by Gasteiger charge is -2.14. The third kappa shape index (κ3) is 7.14. The Morgan fingerprint density at radius 2 is 1.35 bits per heavy atom. The number of anilines is 4. The summed E-state index contributed by atoms with van der Waals surface area (Å²) < 4.78 is 4.76. The second kappa shape index (κ2) is 14.7. The van der Waals surface area contributed by atoms with Crippen LogP contribution in [0.2, 0.25) is 5.02 Å². The van der Waals surface area contributed by atoms with Crippen molar-refractivity contribution in [3.63, 3.8) is 0 Å². The molecule has 0 radical (unpaired) electrons. The molecule has 3 N–H and O–H groups in total. The van der Waals surface area contributed by atoms with Crippen LogP contribution in [0.1, 0.15) is 30.5 Å². The minimum absolute atomic E-state index is 0.0978. The molecule has 0 atom stereocenters. The van der Waals surface area contributed by atoms with Gasteiger partial charge >= 0.3 is 0 Å². The van der Waals surface area contributed by atoms with Crippen molar-refractivity contribution in [2.45, 2.75) is 34.6 Å². The second-order valence-corrected chi connectivity index (χ2v) is 12.0. The van der Waals surface area contributed by atoms with Gasteiger partial charge in [0.25, 0.3) is 11.1 Å². The van der Waals surface area contributed by atoms with Crippen molar-refractivity contribution in [1.82, 2.24) is 29.1 Å². The van der Waals surface area contributed by atoms with E-state index < -0.39 is 0 Å². The lowest BCUT2D eigenvalue weighted by Crippen LogP contribution is -2.22. The van der Waals surface area contributed by atoms with Crippen LogP contribution in [-0.4, -0.2) is 29.1 Å². The number of H-pyrrole nitrogens is 1. The highest BCUT2D eigenvalue weighted by atomic mass is 35.5. The number of nitrogens with one attached hydrogen (secondary N) is 3. The van der Waals surface area contributed by atoms with Crippen molar-refractivity contribution in [2.75, 3.05) is 10.6 Å². The number of fused-ring (bicyclic) bond motifs is 2. The van der Waals surface area contributed by atoms with Gasteiger partial charge in [0.1, 0.15) is 0 Å². The molecular formula is C38H41ClN8O2. The molecule has 0 aliphatic rings. The molecule has 0 aliphatic carbocycles. The van der Waals surface area contributed by atoms with Crippen LogP contribution in [0, 0.1) is 20.8 Å². The molecule has 0 fully saturated rings. The van der Waals surface area contributed by atoms with Crippen LogP contribution in [0.4, 0.5) is 22.7 Å². The zero-order chi connectivity index (χ0) is 35.4. The van der Waals surface area contributed by atoms with Gasteiger partial charge in [0.15, 0.2) is 0 Å². The molecule has 0 aliphatic heterocycles. The average molecular weight is 677 g/mol. The number of aryl methyl sites for hydroxylation is 4. The first-order valence-corrected chi connectivity index (χ1v) is 16.4. The fourth-order valence-electron chi connectivity index (χ4n) is 5.54. The molecule has 3 aromatic carbocycles. The number of hydrogen-bond donors (Lipinski definition) is 3. The number of aromatic amines is 1. The van der Waals surface area contributed by atoms with Gasteiger partial charge in [0.2, 0.25) is 0 Å². The lowest BCUT2D eigenvalue weighted by atomic mass is 9.98. The number of aromatic nitrogens is 6. The average Bonchev–Trinajstić information content (AvgIpc) is 3.72. The topological polar surface area (TPSA) is 115 Å². The summed E-state index contributed by atoms with van der Waals surface area (Å²) in [5.41, 5.74) is 9.78. The summed E-state index contributed by atoms with van der Waals surface area (Å²) in [6.07, 6.45) is 7.22. The van der Waals surface area contributed by atoms with Crippen molar-refractivity contribution in [3.05, 3.63) is 128 Å². The normalized spacial score (nSPS) is 10.7. The van der Waals surface area contributed by atoms with Gasteiger partial charge in [-0.05, 0) is 73.9 Å². The molecule has 11 heteroatoms. The van der Waals surface area contributed by atoms with E-state index in [1.54, 1.807) is 33.4 Å². The SMILES string of the molecule is CC.Cc1c(Nc2cc3cc[nH]c3cc2Cl)cnn(C)c1=O.Cc1ccccc1-c1cc(Nc2cnn(C)c(=O)c2C)c2ccn(C)c2c1. The zero-order valence-electron chi connectivity index (χ0n) is 29.0. The number of hydrogen-bond acceptors (Lipinski definition) is 6. The van der Waals surface area contributed by atoms with E-state index in [4.69, 9.17) is 11.6 Å². The summed E-state index contributed by atoms with van der Waals surface area (Å²) in [5, 5.41) is 17.5. The molecule has 10 nitrogen and oxygen atoms in total. The Morgan fingerprint density at radius 3 is 1.98 bits per heavy atom. The van der Waals surface area contributed by atoms with Gasteiger partial charge < -0.3 is 20.2 Å². The molecule has 252 valence electrons. The summed E-state index contributed by atoms with van der Waals surface area (Å²) >= 11 is 6.25. The van der Waals surface area contributed by atoms with Gasteiger partial charge in [0, 0.05) is 66.6 Å². The molecule has 4 aromatic heterocycles. The van der Waals surface area contributed by atoms with E-state index in [0.29, 0.717) is 21.8 Å². The zero-order valence-corrected chi connectivity index (χ0v) is 29.8. The second-order valence-electron chi connectivity index (χ2n) is 11.6. The Balaban J connectivity index is 0.000000189. The fourth-order valence-corrected chi connectivity index (χ4v) is 5.75. The smallest absolute Gasteiger partial charge is 0.271 e. The van der Waals surface area contributed by atoms with E-state index in [1.807, 2.05) is 64.5 Å². The molecule has 0 amide bonds. The van der Waals surface area contributed by atoms with Crippen LogP contribution < -0.4 is 21.8 Å². The predicted molar refractivity (Wildman–Crippen MR) is 203 cm³/mol. The predicted octanol–water partition coefficient (Wildman–Crippen LogP) is 8.29. The molecule has 0 spiro atoms. The van der Waals surface area contributed by atoms with Gasteiger partial charge in [-0.25, -0.2) is 9.36 Å². The third-order valence-corrected chi connectivity index (χ3v) is 8.71. The molecule has 49 heavy (non-hydrogen) atoms. The van der Waals surface area contributed by atoms with Crippen LogP contribution in [-0.2, 0) is 21.1 Å². The molecule has 0 bridgehead atoms. The highest BCUT2D eigenvalue weighted by molar-refractivity contribution is 6.34. The van der Waals surface area contributed by atoms with Crippen LogP contribution in [0.3, 0.4) is 0 Å². The summed E-state index contributed by atoms with van der Waals surface area (Å²) in [7, 11) is 5.32. The maximum Gasteiger partial charge on any atom is 0.271 e. The van der Waals surface area contributed by atoms with Crippen molar-refractivity contribution >= 4 is 56.2 Å². The van der Waals surface area contributed by atoms with E-state index in [2.05, 4.69) is 73.7 Å². The number of rotatable bonds is 5. The van der Waals surface area contributed by atoms with E-state index in [0.717, 1.165) is 44.4 Å². The van der Waals surface area contributed by atoms with Gasteiger partial charge in [-0.15, -0.1) is 0 Å². The van der Waals surface area contributed by atoms with E-state index >= 15 is 0 Å². The van der Waals surface area contributed by atoms with Gasteiger partial charge in [-0.2, -0.15) is 10.2 Å². The molecule has 4 heterocycles. The van der Waals surface area contributed by atoms with Crippen LogP contribution in [0.15, 0.2) is 95.0 Å². The minimum atomic E-state index is -0.131. The molecule has 7 rings (SSSR count). The molecule has 0 saturated carbocycles. The van der Waals surface area contributed by atoms with Crippen LogP contribution in [0.5, 0.6) is 0 Å². The first-order chi connectivity index (χ1) is 23.5. The lowest BCUT2D eigenvalue weighted by molar-refractivity contribution is 0.702. The highest BCUT2D eigenvalue weighted by Gasteiger charge is 2.13. The summed E-state index contributed by atoms with van der Waals surface area (Å²) in [6.45, 7) is 9.70. The molecular weight excluding hydrogens is 636 g/mol. The Hall–Kier alpha value is -5.61. The van der Waals surface area contributed by atoms with Crippen LogP contribution in [0.25, 0.3) is 32.9 Å². The first kappa shape index (κ1) is 34.7. The maximum atomic E-state index is 12.2. The van der Waals surface area contributed by atoms with Gasteiger partial charge in [0.05, 0.1) is 40.0 Å². The van der Waals surface area contributed by atoms with E-state index in [-0.39, 0.29) is 11.1 Å². The van der Waals surface area contributed by atoms with Crippen molar-refractivity contribution < 1.29 is 0 Å².